The quantitative estimate of drug-likeness (QED) is 0.219. The molecule has 6 amide bonds. The molecule has 0 spiro atoms. The molecule has 1 saturated heterocycles. The zero-order valence-electron chi connectivity index (χ0n) is 26.6. The lowest BCUT2D eigenvalue weighted by Crippen LogP contribution is -2.54. The predicted octanol–water partition coefficient (Wildman–Crippen LogP) is 0.264. The summed E-state index contributed by atoms with van der Waals surface area (Å²) < 4.78 is 33.7. The van der Waals surface area contributed by atoms with E-state index >= 15 is 0 Å². The maximum absolute atomic E-state index is 14.3. The summed E-state index contributed by atoms with van der Waals surface area (Å²) in [4.78, 5) is 90.4. The topological polar surface area (TPSA) is 183 Å². The number of likely N-dealkylation sites (N-methyl/N-ethyl adjacent to an activating group) is 1. The number of hydrogen-bond acceptors (Lipinski definition) is 8. The maximum atomic E-state index is 14.3. The molecule has 1 aromatic carbocycles. The van der Waals surface area contributed by atoms with Crippen molar-refractivity contribution in [1.82, 2.24) is 31.1 Å². The molecule has 3 atom stereocenters. The first-order valence-electron chi connectivity index (χ1n) is 14.5. The number of alkyl halides is 2. The van der Waals surface area contributed by atoms with Crippen LogP contribution in [0.4, 0.5) is 13.6 Å². The third-order valence-corrected chi connectivity index (χ3v) is 6.53. The number of nitrogens with one attached hydrogen (secondary N) is 4. The fraction of sp³-hybridized carbons (Fsp3) is 0.567. The first kappa shape index (κ1) is 37.4. The summed E-state index contributed by atoms with van der Waals surface area (Å²) in [5.41, 5.74) is -0.467. The summed E-state index contributed by atoms with van der Waals surface area (Å²) in [6, 6.07) is 5.62. The van der Waals surface area contributed by atoms with Gasteiger partial charge in [0.15, 0.2) is 0 Å². The molecule has 0 aromatic heterocycles. The van der Waals surface area contributed by atoms with Crippen molar-refractivity contribution in [2.45, 2.75) is 76.6 Å². The average Bonchev–Trinajstić information content (AvgIpc) is 3.31. The molecule has 1 aliphatic heterocycles. The van der Waals surface area contributed by atoms with Gasteiger partial charge in [0.05, 0.1) is 19.1 Å². The van der Waals surface area contributed by atoms with E-state index in [0.29, 0.717) is 16.9 Å². The van der Waals surface area contributed by atoms with Gasteiger partial charge in [-0.15, -0.1) is 0 Å². The van der Waals surface area contributed by atoms with Gasteiger partial charge in [0.1, 0.15) is 24.2 Å². The molecule has 0 saturated carbocycles. The molecular weight excluding hydrogens is 610 g/mol. The van der Waals surface area contributed by atoms with Crippen LogP contribution in [0, 0.1) is 12.1 Å². The van der Waals surface area contributed by atoms with Gasteiger partial charge >= 0.3 is 6.09 Å². The van der Waals surface area contributed by atoms with Crippen LogP contribution >= 0.6 is 0 Å². The van der Waals surface area contributed by atoms with Gasteiger partial charge in [-0.3, -0.25) is 28.8 Å². The molecule has 1 aromatic rings. The zero-order valence-corrected chi connectivity index (χ0v) is 26.6. The van der Waals surface area contributed by atoms with Crippen LogP contribution in [-0.4, -0.2) is 109 Å². The highest BCUT2D eigenvalue weighted by Crippen LogP contribution is 2.32. The number of rotatable bonds is 13. The number of carbonyl (C=O) groups is 7. The van der Waals surface area contributed by atoms with Crippen LogP contribution in [0.25, 0.3) is 0 Å². The van der Waals surface area contributed by atoms with Gasteiger partial charge in [-0.05, 0) is 51.0 Å². The molecule has 0 bridgehead atoms. The van der Waals surface area contributed by atoms with Crippen molar-refractivity contribution < 1.29 is 47.1 Å². The Bertz CT molecular complexity index is 1300. The fourth-order valence-electron chi connectivity index (χ4n) is 4.40. The third-order valence-electron chi connectivity index (χ3n) is 6.53. The Morgan fingerprint density at radius 2 is 1.74 bits per heavy atom. The predicted molar refractivity (Wildman–Crippen MR) is 158 cm³/mol. The normalized spacial score (nSPS) is 16.6. The first-order valence-corrected chi connectivity index (χ1v) is 14.5. The molecule has 1 fully saturated rings. The lowest BCUT2D eigenvalue weighted by molar-refractivity contribution is -0.142. The number of halogens is 2. The summed E-state index contributed by atoms with van der Waals surface area (Å²) >= 11 is 0. The van der Waals surface area contributed by atoms with Gasteiger partial charge in [-0.25, -0.2) is 13.6 Å². The smallest absolute Gasteiger partial charge is 0.408 e. The maximum Gasteiger partial charge on any atom is 0.408 e. The van der Waals surface area contributed by atoms with Gasteiger partial charge in [-0.2, -0.15) is 0 Å². The molecule has 0 radical (unpaired) electrons. The van der Waals surface area contributed by atoms with Crippen LogP contribution in [0.5, 0.6) is 0 Å². The van der Waals surface area contributed by atoms with Crippen molar-refractivity contribution in [3.8, 4) is 0 Å². The molecule has 46 heavy (non-hydrogen) atoms. The van der Waals surface area contributed by atoms with E-state index in [4.69, 9.17) is 4.74 Å². The van der Waals surface area contributed by atoms with Gasteiger partial charge in [0, 0.05) is 20.5 Å². The number of ether oxygens (including phenoxy) is 1. The van der Waals surface area contributed by atoms with E-state index in [2.05, 4.69) is 33.4 Å². The van der Waals surface area contributed by atoms with Crippen LogP contribution in [0.1, 0.15) is 58.6 Å². The molecule has 2 unspecified atom stereocenters. The second-order valence-electron chi connectivity index (χ2n) is 11.8. The van der Waals surface area contributed by atoms with E-state index in [-0.39, 0.29) is 6.42 Å². The van der Waals surface area contributed by atoms with E-state index in [0.717, 1.165) is 0 Å². The molecule has 252 valence electrons. The van der Waals surface area contributed by atoms with E-state index in [1.807, 2.05) is 0 Å². The van der Waals surface area contributed by atoms with Gasteiger partial charge < -0.3 is 35.8 Å². The van der Waals surface area contributed by atoms with Crippen molar-refractivity contribution >= 4 is 41.4 Å². The molecule has 1 aliphatic rings. The highest BCUT2D eigenvalue weighted by Gasteiger charge is 2.50. The number of alkyl carbamates (subject to hydrolysis) is 1. The summed E-state index contributed by atoms with van der Waals surface area (Å²) in [5.74, 6) is -9.16. The number of amides is 6. The largest absolute Gasteiger partial charge is 0.444 e. The molecule has 0 aliphatic carbocycles. The number of ketones is 1. The van der Waals surface area contributed by atoms with Crippen LogP contribution in [0.15, 0.2) is 18.2 Å². The molecule has 16 heteroatoms. The van der Waals surface area contributed by atoms with Crippen molar-refractivity contribution in [1.29, 1.82) is 0 Å². The van der Waals surface area contributed by atoms with Crippen LogP contribution in [0.3, 0.4) is 0 Å². The third kappa shape index (κ3) is 11.3. The summed E-state index contributed by atoms with van der Waals surface area (Å²) in [7, 11) is 2.98. The van der Waals surface area contributed by atoms with Crippen molar-refractivity contribution in [2.75, 3.05) is 33.7 Å². The van der Waals surface area contributed by atoms with Crippen molar-refractivity contribution in [2.24, 2.45) is 0 Å². The Morgan fingerprint density at radius 3 is 2.30 bits per heavy atom. The van der Waals surface area contributed by atoms with E-state index in [1.54, 1.807) is 33.8 Å². The van der Waals surface area contributed by atoms with Gasteiger partial charge in [0.2, 0.25) is 29.4 Å². The minimum Gasteiger partial charge on any atom is -0.444 e. The highest BCUT2D eigenvalue weighted by atomic mass is 19.3. The summed E-state index contributed by atoms with van der Waals surface area (Å²) in [5, 5.41) is 9.07. The Kier molecular flexibility index (Phi) is 13.0. The number of likely N-dealkylation sites (tertiary alicyclic amines) is 1. The first-order chi connectivity index (χ1) is 21.3. The lowest BCUT2D eigenvalue weighted by Gasteiger charge is -2.26. The van der Waals surface area contributed by atoms with E-state index in [9.17, 15) is 42.3 Å². The molecule has 2 rings (SSSR count). The zero-order chi connectivity index (χ0) is 34.8. The SMILES string of the molecule is CCCC(NC(=O)[C@@H]1CC(F)(F)CN1C(=O)CNC(=O)OC(C)(C)C)C(=O)C(=O)NCC(=O)NC(C(=O)N(C)C)c1cc#ccc1. The number of nitrogens with zero attached hydrogens (tertiary/aromatic N) is 2. The van der Waals surface area contributed by atoms with Gasteiger partial charge in [-0.1, -0.05) is 25.5 Å². The van der Waals surface area contributed by atoms with Crippen molar-refractivity contribution in [3.05, 3.63) is 35.9 Å². The molecule has 4 N–H and O–H groups in total. The number of carbonyl (C=O) groups excluding carboxylic acids is 7. The molecular formula is C30H40F2N6O8. The number of Topliss-reactive ketones (excluding diaryl/α,β-unsaturated/α-hetero) is 1. The Balaban J connectivity index is 2.04. The monoisotopic (exact) mass is 650 g/mol. The Labute approximate surface area is 265 Å². The second kappa shape index (κ2) is 16.0. The fourth-order valence-corrected chi connectivity index (χ4v) is 4.40. The highest BCUT2D eigenvalue weighted by molar-refractivity contribution is 6.38. The second-order valence-corrected chi connectivity index (χ2v) is 11.8. The lowest BCUT2D eigenvalue weighted by atomic mass is 10.0. The minimum absolute atomic E-state index is 0.0532. The summed E-state index contributed by atoms with van der Waals surface area (Å²) in [6.45, 7) is 3.91. The minimum atomic E-state index is -3.43. The van der Waals surface area contributed by atoms with Crippen LogP contribution < -0.4 is 21.3 Å². The van der Waals surface area contributed by atoms with Crippen LogP contribution in [-0.2, 0) is 33.5 Å². The summed E-state index contributed by atoms with van der Waals surface area (Å²) in [6.07, 6.45) is -1.76. The van der Waals surface area contributed by atoms with E-state index in [1.165, 1.54) is 31.1 Å². The molecule has 14 nitrogen and oxygen atoms in total. The Hall–Kier alpha value is -4.81. The standard InChI is InChI=1S/C30H40F2N6O8/c1-7-11-19(24(41)26(43)33-15-21(39)36-23(27(44)37(5)6)18-12-9-8-10-13-18)35-25(42)20-14-30(31,32)17-38(20)22(40)16-34-28(45)46-29(2,3)4/h9,12-13,19-20,23H,7,11,14-17H2,1-6H3,(H,33,43)(H,34,45)(H,35,42)(H,36,39)/t19?,20-,23?/m0/s1. The van der Waals surface area contributed by atoms with E-state index < -0.39 is 97.1 Å². The number of hydrogen-bond donors (Lipinski definition) is 4. The van der Waals surface area contributed by atoms with Gasteiger partial charge in [0.25, 0.3) is 11.8 Å². The van der Waals surface area contributed by atoms with Crippen molar-refractivity contribution in [3.63, 3.8) is 0 Å². The molecule has 1 heterocycles. The Morgan fingerprint density at radius 1 is 1.07 bits per heavy atom. The average molecular weight is 651 g/mol. The van der Waals surface area contributed by atoms with Crippen LogP contribution in [0.2, 0.25) is 0 Å².